The van der Waals surface area contributed by atoms with Crippen LogP contribution in [-0.4, -0.2) is 39.0 Å². The van der Waals surface area contributed by atoms with Gasteiger partial charge in [0.25, 0.3) is 0 Å². The van der Waals surface area contributed by atoms with Gasteiger partial charge in [-0.3, -0.25) is 4.79 Å². The Bertz CT molecular complexity index is 611. The molecule has 118 valence electrons. The van der Waals surface area contributed by atoms with Gasteiger partial charge in [0.05, 0.1) is 5.01 Å². The first kappa shape index (κ1) is 15.1. The number of thiazole rings is 1. The van der Waals surface area contributed by atoms with Crippen molar-refractivity contribution in [2.45, 2.75) is 44.9 Å². The van der Waals surface area contributed by atoms with Crippen LogP contribution < -0.4 is 0 Å². The highest BCUT2D eigenvalue weighted by atomic mass is 32.1. The molecule has 2 aromatic rings. The van der Waals surface area contributed by atoms with E-state index in [4.69, 9.17) is 4.52 Å². The number of aryl methyl sites for hydroxylation is 2. The molecule has 7 heteroatoms. The number of carbonyl (C=O) groups is 1. The summed E-state index contributed by atoms with van der Waals surface area (Å²) in [6.45, 7) is 3.59. The van der Waals surface area contributed by atoms with Crippen molar-refractivity contribution < 1.29 is 9.32 Å². The Kier molecular flexibility index (Phi) is 4.82. The number of hydrogen-bond acceptors (Lipinski definition) is 6. The molecule has 1 atom stereocenters. The normalized spacial score (nSPS) is 18.6. The maximum Gasteiger partial charge on any atom is 0.227 e. The molecule has 1 amide bonds. The minimum Gasteiger partial charge on any atom is -0.342 e. The number of nitrogens with zero attached hydrogens (tertiary/aromatic N) is 4. The van der Waals surface area contributed by atoms with Crippen molar-refractivity contribution in [2.75, 3.05) is 13.1 Å². The largest absolute Gasteiger partial charge is 0.342 e. The second-order valence-corrected chi connectivity index (χ2v) is 6.43. The Morgan fingerprint density at radius 3 is 3.18 bits per heavy atom. The van der Waals surface area contributed by atoms with Crippen LogP contribution >= 0.6 is 11.3 Å². The summed E-state index contributed by atoms with van der Waals surface area (Å²) < 4.78 is 5.13. The minimum atomic E-state index is 0.164. The Labute approximate surface area is 133 Å². The van der Waals surface area contributed by atoms with Crippen LogP contribution in [-0.2, 0) is 17.6 Å². The van der Waals surface area contributed by atoms with Gasteiger partial charge in [-0.2, -0.15) is 4.98 Å². The van der Waals surface area contributed by atoms with Gasteiger partial charge in [-0.05, 0) is 12.8 Å². The van der Waals surface area contributed by atoms with Crippen molar-refractivity contribution in [1.29, 1.82) is 0 Å². The van der Waals surface area contributed by atoms with E-state index in [0.717, 1.165) is 37.4 Å². The fraction of sp³-hybridized carbons (Fsp3) is 0.600. The monoisotopic (exact) mass is 320 g/mol. The molecular formula is C15H20N4O2S. The van der Waals surface area contributed by atoms with Crippen LogP contribution in [0, 0.1) is 0 Å². The lowest BCUT2D eigenvalue weighted by atomic mass is 9.98. The molecular weight excluding hydrogens is 300 g/mol. The lowest BCUT2D eigenvalue weighted by Crippen LogP contribution is -2.39. The number of piperidine rings is 1. The SMILES string of the molecule is CCc1noc(CCC(=O)N2CCC[C@@H](c3nccs3)C2)n1. The molecule has 1 saturated heterocycles. The number of carbonyl (C=O) groups excluding carboxylic acids is 1. The van der Waals surface area contributed by atoms with Crippen molar-refractivity contribution in [2.24, 2.45) is 0 Å². The minimum absolute atomic E-state index is 0.164. The van der Waals surface area contributed by atoms with Crippen molar-refractivity contribution in [3.8, 4) is 0 Å². The van der Waals surface area contributed by atoms with Crippen molar-refractivity contribution in [3.63, 3.8) is 0 Å². The number of rotatable bonds is 5. The molecule has 1 fully saturated rings. The maximum atomic E-state index is 12.4. The van der Waals surface area contributed by atoms with Crippen molar-refractivity contribution >= 4 is 17.2 Å². The van der Waals surface area contributed by atoms with Gasteiger partial charge in [-0.25, -0.2) is 4.98 Å². The Morgan fingerprint density at radius 1 is 1.55 bits per heavy atom. The fourth-order valence-corrected chi connectivity index (χ4v) is 3.52. The molecule has 0 aliphatic carbocycles. The summed E-state index contributed by atoms with van der Waals surface area (Å²) in [5.74, 6) is 1.80. The van der Waals surface area contributed by atoms with E-state index < -0.39 is 0 Å². The van der Waals surface area contributed by atoms with Crippen LogP contribution in [0.15, 0.2) is 16.1 Å². The van der Waals surface area contributed by atoms with Crippen LogP contribution in [0.4, 0.5) is 0 Å². The summed E-state index contributed by atoms with van der Waals surface area (Å²) in [5, 5.41) is 6.99. The van der Waals surface area contributed by atoms with Crippen LogP contribution in [0.25, 0.3) is 0 Å². The number of aromatic nitrogens is 3. The van der Waals surface area contributed by atoms with E-state index in [9.17, 15) is 4.79 Å². The van der Waals surface area contributed by atoms with Gasteiger partial charge < -0.3 is 9.42 Å². The van der Waals surface area contributed by atoms with E-state index in [0.29, 0.717) is 30.5 Å². The third-order valence-electron chi connectivity index (χ3n) is 3.95. The second-order valence-electron chi connectivity index (χ2n) is 5.51. The van der Waals surface area contributed by atoms with Gasteiger partial charge in [0.1, 0.15) is 0 Å². The van der Waals surface area contributed by atoms with E-state index in [-0.39, 0.29) is 5.91 Å². The Balaban J connectivity index is 1.53. The Hall–Kier alpha value is -1.76. The zero-order valence-corrected chi connectivity index (χ0v) is 13.5. The van der Waals surface area contributed by atoms with Crippen LogP contribution in [0.5, 0.6) is 0 Å². The molecule has 0 aromatic carbocycles. The lowest BCUT2D eigenvalue weighted by Gasteiger charge is -2.31. The molecule has 6 nitrogen and oxygen atoms in total. The summed E-state index contributed by atoms with van der Waals surface area (Å²) in [6.07, 6.45) is 5.68. The van der Waals surface area contributed by atoms with Crippen molar-refractivity contribution in [1.82, 2.24) is 20.0 Å². The van der Waals surface area contributed by atoms with Crippen LogP contribution in [0.1, 0.15) is 48.8 Å². The first-order chi connectivity index (χ1) is 10.8. The average molecular weight is 320 g/mol. The molecule has 1 aliphatic rings. The smallest absolute Gasteiger partial charge is 0.227 e. The highest BCUT2D eigenvalue weighted by molar-refractivity contribution is 7.09. The second kappa shape index (κ2) is 7.00. The van der Waals surface area contributed by atoms with Gasteiger partial charge >= 0.3 is 0 Å². The fourth-order valence-electron chi connectivity index (χ4n) is 2.75. The first-order valence-corrected chi connectivity index (χ1v) is 8.63. The zero-order chi connectivity index (χ0) is 15.4. The molecule has 0 unspecified atom stereocenters. The standard InChI is InChI=1S/C15H20N4O2S/c1-2-12-17-13(21-18-12)5-6-14(20)19-8-3-4-11(10-19)15-16-7-9-22-15/h7,9,11H,2-6,8,10H2,1H3/t11-/m1/s1. The highest BCUT2D eigenvalue weighted by Crippen LogP contribution is 2.28. The van der Waals surface area contributed by atoms with E-state index >= 15 is 0 Å². The molecule has 0 saturated carbocycles. The van der Waals surface area contributed by atoms with Crippen molar-refractivity contribution in [3.05, 3.63) is 28.3 Å². The Morgan fingerprint density at radius 2 is 2.45 bits per heavy atom. The van der Waals surface area contributed by atoms with Gasteiger partial charge in [-0.15, -0.1) is 11.3 Å². The van der Waals surface area contributed by atoms with E-state index in [2.05, 4.69) is 15.1 Å². The van der Waals surface area contributed by atoms with E-state index in [1.807, 2.05) is 23.4 Å². The predicted octanol–water partition coefficient (Wildman–Crippen LogP) is 2.43. The zero-order valence-electron chi connectivity index (χ0n) is 12.7. The first-order valence-electron chi connectivity index (χ1n) is 7.75. The highest BCUT2D eigenvalue weighted by Gasteiger charge is 2.26. The molecule has 0 spiro atoms. The summed E-state index contributed by atoms with van der Waals surface area (Å²) in [6, 6.07) is 0. The van der Waals surface area contributed by atoms with Gasteiger partial charge in [-0.1, -0.05) is 12.1 Å². The average Bonchev–Trinajstić information content (AvgIpc) is 3.24. The summed E-state index contributed by atoms with van der Waals surface area (Å²) in [5.41, 5.74) is 0. The van der Waals surface area contributed by atoms with Crippen LogP contribution in [0.2, 0.25) is 0 Å². The maximum absolute atomic E-state index is 12.4. The summed E-state index contributed by atoms with van der Waals surface area (Å²) in [7, 11) is 0. The molecule has 2 aromatic heterocycles. The molecule has 1 aliphatic heterocycles. The summed E-state index contributed by atoms with van der Waals surface area (Å²) in [4.78, 5) is 23.0. The molecule has 22 heavy (non-hydrogen) atoms. The van der Waals surface area contributed by atoms with Gasteiger partial charge in [0.15, 0.2) is 5.82 Å². The summed E-state index contributed by atoms with van der Waals surface area (Å²) >= 11 is 1.68. The number of hydrogen-bond donors (Lipinski definition) is 0. The molecule has 0 radical (unpaired) electrons. The van der Waals surface area contributed by atoms with Gasteiger partial charge in [0.2, 0.25) is 11.8 Å². The quantitative estimate of drug-likeness (QED) is 0.846. The predicted molar refractivity (Wildman–Crippen MR) is 82.7 cm³/mol. The number of amides is 1. The van der Waals surface area contributed by atoms with Crippen LogP contribution in [0.3, 0.4) is 0 Å². The third kappa shape index (κ3) is 3.52. The third-order valence-corrected chi connectivity index (χ3v) is 4.89. The number of likely N-dealkylation sites (tertiary alicyclic amines) is 1. The lowest BCUT2D eigenvalue weighted by molar-refractivity contribution is -0.132. The molecule has 0 N–H and O–H groups in total. The van der Waals surface area contributed by atoms with E-state index in [1.165, 1.54) is 0 Å². The molecule has 0 bridgehead atoms. The molecule has 3 rings (SSSR count). The van der Waals surface area contributed by atoms with E-state index in [1.54, 1.807) is 11.3 Å². The van der Waals surface area contributed by atoms with Gasteiger partial charge in [0, 0.05) is 49.8 Å². The molecule has 3 heterocycles. The topological polar surface area (TPSA) is 72.1 Å².